The van der Waals surface area contributed by atoms with Crippen LogP contribution in [0.3, 0.4) is 0 Å². The predicted octanol–water partition coefficient (Wildman–Crippen LogP) is 2.02. The molecule has 4 heterocycles. The molecule has 0 saturated carbocycles. The van der Waals surface area contributed by atoms with Gasteiger partial charge >= 0.3 is 0 Å². The van der Waals surface area contributed by atoms with Gasteiger partial charge in [-0.05, 0) is 23.2 Å². The minimum absolute atomic E-state index is 0.413. The van der Waals surface area contributed by atoms with Gasteiger partial charge < -0.3 is 14.3 Å². The topological polar surface area (TPSA) is 97.2 Å². The lowest BCUT2D eigenvalue weighted by molar-refractivity contribution is 0.314. The van der Waals surface area contributed by atoms with Crippen LogP contribution in [0.1, 0.15) is 31.4 Å². The van der Waals surface area contributed by atoms with Gasteiger partial charge in [0.1, 0.15) is 12.0 Å². The molecule has 0 N–H and O–H groups in total. The van der Waals surface area contributed by atoms with Crippen molar-refractivity contribution >= 4 is 22.9 Å². The van der Waals surface area contributed by atoms with Crippen LogP contribution in [0.4, 0.5) is 11.6 Å². The quantitative estimate of drug-likeness (QED) is 0.712. The molecule has 0 radical (unpaired) electrons. The van der Waals surface area contributed by atoms with Crippen LogP contribution >= 0.6 is 0 Å². The molecule has 1 aliphatic heterocycles. The second-order valence-corrected chi connectivity index (χ2v) is 6.03. The highest BCUT2D eigenvalue weighted by Crippen LogP contribution is 2.29. The minimum Gasteiger partial charge on any atom is -0.364 e. The SMILES string of the molecule is CN(Cc1ccon1)c1nc2nonc2nc1N1CCCCCC1. The van der Waals surface area contributed by atoms with Gasteiger partial charge in [0.15, 0.2) is 11.6 Å². The number of hydrogen-bond donors (Lipinski definition) is 0. The Hall–Kier alpha value is -2.71. The fraction of sp³-hybridized carbons (Fsp3) is 0.533. The first-order valence-corrected chi connectivity index (χ1v) is 8.17. The molecule has 126 valence electrons. The Bertz CT molecular complexity index is 793. The fourth-order valence-corrected chi connectivity index (χ4v) is 3.01. The highest BCUT2D eigenvalue weighted by molar-refractivity contribution is 5.74. The van der Waals surface area contributed by atoms with Gasteiger partial charge in [0.25, 0.3) is 0 Å². The standard InChI is InChI=1S/C15H19N7O2/c1-21(10-11-6-9-23-18-11)14-15(22-7-4-2-3-5-8-22)17-13-12(16-14)19-24-20-13/h6,9H,2-5,7-8,10H2,1H3. The van der Waals surface area contributed by atoms with Crippen molar-refractivity contribution in [2.24, 2.45) is 0 Å². The second kappa shape index (κ2) is 6.42. The summed E-state index contributed by atoms with van der Waals surface area (Å²) in [4.78, 5) is 13.6. The highest BCUT2D eigenvalue weighted by atomic mass is 16.6. The number of aromatic nitrogens is 5. The van der Waals surface area contributed by atoms with Crippen molar-refractivity contribution in [3.8, 4) is 0 Å². The summed E-state index contributed by atoms with van der Waals surface area (Å²) in [7, 11) is 1.96. The van der Waals surface area contributed by atoms with E-state index in [1.807, 2.05) is 18.0 Å². The lowest BCUT2D eigenvalue weighted by atomic mass is 10.2. The molecule has 0 unspecified atom stereocenters. The van der Waals surface area contributed by atoms with Gasteiger partial charge in [-0.25, -0.2) is 14.6 Å². The third-order valence-corrected chi connectivity index (χ3v) is 4.24. The summed E-state index contributed by atoms with van der Waals surface area (Å²) in [5.74, 6) is 1.58. The van der Waals surface area contributed by atoms with Gasteiger partial charge in [0, 0.05) is 26.2 Å². The Morgan fingerprint density at radius 2 is 1.79 bits per heavy atom. The molecule has 1 fully saturated rings. The third kappa shape index (κ3) is 2.89. The molecule has 1 aliphatic rings. The molecular formula is C15H19N7O2. The van der Waals surface area contributed by atoms with E-state index in [1.165, 1.54) is 12.8 Å². The second-order valence-electron chi connectivity index (χ2n) is 6.03. The van der Waals surface area contributed by atoms with Crippen LogP contribution in [-0.4, -0.2) is 45.6 Å². The Morgan fingerprint density at radius 3 is 2.50 bits per heavy atom. The zero-order valence-corrected chi connectivity index (χ0v) is 13.6. The summed E-state index contributed by atoms with van der Waals surface area (Å²) >= 11 is 0. The molecule has 4 rings (SSSR count). The van der Waals surface area contributed by atoms with E-state index in [4.69, 9.17) is 9.15 Å². The predicted molar refractivity (Wildman–Crippen MR) is 86.7 cm³/mol. The molecule has 0 bridgehead atoms. The van der Waals surface area contributed by atoms with Gasteiger partial charge in [-0.3, -0.25) is 0 Å². The molecule has 9 nitrogen and oxygen atoms in total. The van der Waals surface area contributed by atoms with Crippen LogP contribution in [0.15, 0.2) is 21.5 Å². The monoisotopic (exact) mass is 329 g/mol. The molecule has 0 atom stereocenters. The molecule has 24 heavy (non-hydrogen) atoms. The van der Waals surface area contributed by atoms with Crippen molar-refractivity contribution in [2.45, 2.75) is 32.2 Å². The number of anilines is 2. The first-order chi connectivity index (χ1) is 11.8. The van der Waals surface area contributed by atoms with E-state index in [0.717, 1.165) is 43.3 Å². The summed E-state index contributed by atoms with van der Waals surface area (Å²) in [6.07, 6.45) is 6.38. The number of rotatable bonds is 4. The molecule has 3 aromatic heterocycles. The van der Waals surface area contributed by atoms with E-state index in [2.05, 4.69) is 30.3 Å². The van der Waals surface area contributed by atoms with Gasteiger partial charge in [0.05, 0.1) is 6.54 Å². The van der Waals surface area contributed by atoms with Crippen LogP contribution in [0.5, 0.6) is 0 Å². The van der Waals surface area contributed by atoms with Gasteiger partial charge in [0.2, 0.25) is 11.3 Å². The molecule has 9 heteroatoms. The van der Waals surface area contributed by atoms with Crippen molar-refractivity contribution in [1.82, 2.24) is 25.4 Å². The van der Waals surface area contributed by atoms with Crippen LogP contribution in [-0.2, 0) is 6.54 Å². The van der Waals surface area contributed by atoms with Crippen LogP contribution < -0.4 is 9.80 Å². The van der Waals surface area contributed by atoms with Crippen LogP contribution in [0.2, 0.25) is 0 Å². The Balaban J connectivity index is 1.72. The average molecular weight is 329 g/mol. The Kier molecular flexibility index (Phi) is 3.97. The summed E-state index contributed by atoms with van der Waals surface area (Å²) in [6.45, 7) is 2.51. The molecule has 1 saturated heterocycles. The molecular weight excluding hydrogens is 310 g/mol. The molecule has 0 aliphatic carbocycles. The van der Waals surface area contributed by atoms with Gasteiger partial charge in [-0.15, -0.1) is 0 Å². The van der Waals surface area contributed by atoms with Crippen molar-refractivity contribution < 1.29 is 9.15 Å². The maximum atomic E-state index is 4.91. The average Bonchev–Trinajstić information content (AvgIpc) is 3.19. The Labute approximate surface area is 138 Å². The minimum atomic E-state index is 0.413. The molecule has 3 aromatic rings. The first-order valence-electron chi connectivity index (χ1n) is 8.17. The maximum absolute atomic E-state index is 4.91. The van der Waals surface area contributed by atoms with Crippen molar-refractivity contribution in [2.75, 3.05) is 29.9 Å². The summed E-state index contributed by atoms with van der Waals surface area (Å²) in [5, 5.41) is 11.6. The van der Waals surface area contributed by atoms with Gasteiger partial charge in [-0.2, -0.15) is 0 Å². The van der Waals surface area contributed by atoms with Crippen molar-refractivity contribution in [3.63, 3.8) is 0 Å². The van der Waals surface area contributed by atoms with E-state index in [0.29, 0.717) is 17.8 Å². The van der Waals surface area contributed by atoms with Gasteiger partial charge in [-0.1, -0.05) is 18.0 Å². The first kappa shape index (κ1) is 14.9. The van der Waals surface area contributed by atoms with E-state index >= 15 is 0 Å². The van der Waals surface area contributed by atoms with E-state index < -0.39 is 0 Å². The number of fused-ring (bicyclic) bond motifs is 1. The fourth-order valence-electron chi connectivity index (χ4n) is 3.01. The smallest absolute Gasteiger partial charge is 0.245 e. The lowest BCUT2D eigenvalue weighted by Gasteiger charge is -2.26. The van der Waals surface area contributed by atoms with Crippen LogP contribution in [0, 0.1) is 0 Å². The molecule has 0 spiro atoms. The van der Waals surface area contributed by atoms with Crippen molar-refractivity contribution in [3.05, 3.63) is 18.0 Å². The van der Waals surface area contributed by atoms with E-state index in [1.54, 1.807) is 6.26 Å². The normalized spacial score (nSPS) is 15.6. The zero-order valence-electron chi connectivity index (χ0n) is 13.6. The maximum Gasteiger partial charge on any atom is 0.245 e. The molecule has 0 amide bonds. The lowest BCUT2D eigenvalue weighted by Crippen LogP contribution is -2.29. The summed E-state index contributed by atoms with van der Waals surface area (Å²) in [6, 6.07) is 1.84. The van der Waals surface area contributed by atoms with E-state index in [9.17, 15) is 0 Å². The summed E-state index contributed by atoms with van der Waals surface area (Å²) in [5.41, 5.74) is 1.68. The van der Waals surface area contributed by atoms with Crippen LogP contribution in [0.25, 0.3) is 11.3 Å². The number of nitrogens with zero attached hydrogens (tertiary/aromatic N) is 7. The van der Waals surface area contributed by atoms with E-state index in [-0.39, 0.29) is 0 Å². The third-order valence-electron chi connectivity index (χ3n) is 4.24. The molecule has 0 aromatic carbocycles. The summed E-state index contributed by atoms with van der Waals surface area (Å²) < 4.78 is 9.69. The largest absolute Gasteiger partial charge is 0.364 e. The zero-order chi connectivity index (χ0) is 16.4. The van der Waals surface area contributed by atoms with Crippen molar-refractivity contribution in [1.29, 1.82) is 0 Å². The highest BCUT2D eigenvalue weighted by Gasteiger charge is 2.22. The Morgan fingerprint density at radius 1 is 1.04 bits per heavy atom. The number of hydrogen-bond acceptors (Lipinski definition) is 9.